The average Bonchev–Trinajstić information content (AvgIpc) is 3.08. The molecule has 1 aromatic rings. The van der Waals surface area contributed by atoms with Crippen LogP contribution in [0.3, 0.4) is 0 Å². The van der Waals surface area contributed by atoms with Gasteiger partial charge in [0.1, 0.15) is 18.1 Å². The molecule has 29 heavy (non-hydrogen) atoms. The Bertz CT molecular complexity index is 659. The molecular formula is C21H38N4O4. The first-order valence-electron chi connectivity index (χ1n) is 11.0. The second kappa shape index (κ2) is 12.3. The molecule has 0 aromatic carbocycles. The number of ether oxygens (including phenoxy) is 1. The molecule has 0 saturated carbocycles. The molecule has 1 fully saturated rings. The average molecular weight is 411 g/mol. The molecule has 0 unspecified atom stereocenters. The molecule has 1 aliphatic rings. The first-order valence-corrected chi connectivity index (χ1v) is 11.0. The van der Waals surface area contributed by atoms with Crippen molar-refractivity contribution in [3.63, 3.8) is 0 Å². The number of aromatic nitrogens is 2. The van der Waals surface area contributed by atoms with Crippen LogP contribution in [0, 0.1) is 0 Å². The first kappa shape index (κ1) is 23.8. The number of hydrogen-bond donors (Lipinski definition) is 3. The minimum Gasteiger partial charge on any atom is -0.394 e. The predicted molar refractivity (Wildman–Crippen MR) is 114 cm³/mol. The molecule has 2 rings (SSSR count). The van der Waals surface area contributed by atoms with Crippen LogP contribution in [0.1, 0.15) is 70.6 Å². The van der Waals surface area contributed by atoms with Crippen LogP contribution in [-0.4, -0.2) is 63.1 Å². The molecule has 0 radical (unpaired) electrons. The summed E-state index contributed by atoms with van der Waals surface area (Å²) >= 11 is 0. The van der Waals surface area contributed by atoms with Crippen LogP contribution in [0.5, 0.6) is 0 Å². The maximum Gasteiger partial charge on any atom is 0.351 e. The highest BCUT2D eigenvalue weighted by molar-refractivity contribution is 5.36. The van der Waals surface area contributed by atoms with E-state index in [1.54, 1.807) is 6.20 Å². The van der Waals surface area contributed by atoms with Gasteiger partial charge in [-0.1, -0.05) is 26.7 Å². The summed E-state index contributed by atoms with van der Waals surface area (Å²) in [7, 11) is 0. The van der Waals surface area contributed by atoms with E-state index >= 15 is 0 Å². The maximum absolute atomic E-state index is 12.2. The van der Waals surface area contributed by atoms with Gasteiger partial charge in [0.15, 0.2) is 0 Å². The number of nitrogens with two attached hydrogens (primary N) is 1. The summed E-state index contributed by atoms with van der Waals surface area (Å²) in [5, 5.41) is 19.2. The Kier molecular flexibility index (Phi) is 10.1. The highest BCUT2D eigenvalue weighted by atomic mass is 16.5. The number of aliphatic hydroxyl groups excluding tert-OH is 2. The van der Waals surface area contributed by atoms with E-state index in [9.17, 15) is 15.0 Å². The minimum atomic E-state index is -0.796. The summed E-state index contributed by atoms with van der Waals surface area (Å²) in [6, 6.07) is 0. The zero-order valence-electron chi connectivity index (χ0n) is 17.9. The van der Waals surface area contributed by atoms with Gasteiger partial charge in [0.05, 0.1) is 12.7 Å². The summed E-state index contributed by atoms with van der Waals surface area (Å²) in [5.41, 5.74) is 6.31. The molecule has 1 aliphatic heterocycles. The fraction of sp³-hybridized carbons (Fsp3) is 0.810. The van der Waals surface area contributed by atoms with Crippen molar-refractivity contribution in [2.75, 3.05) is 32.0 Å². The molecule has 8 nitrogen and oxygen atoms in total. The highest BCUT2D eigenvalue weighted by Gasteiger charge is 2.35. The standard InChI is InChI=1S/C21H38N4O4/c1-3-5-10-24(11-6-4-2)12-8-7-9-16-14-25(21(28)23-20(16)22)19-13-17(27)18(15-26)29-19/h14,17-19,26-27H,3-13,15H2,1-2H3,(H2,22,23,28)/t17-,18+,19+/m0/s1. The van der Waals surface area contributed by atoms with Crippen molar-refractivity contribution in [1.82, 2.24) is 14.5 Å². The van der Waals surface area contributed by atoms with E-state index in [-0.39, 0.29) is 18.8 Å². The second-order valence-corrected chi connectivity index (χ2v) is 7.96. The summed E-state index contributed by atoms with van der Waals surface area (Å²) < 4.78 is 6.98. The second-order valence-electron chi connectivity index (χ2n) is 7.96. The number of nitrogen functional groups attached to an aromatic ring is 1. The number of aliphatic hydroxyl groups is 2. The number of rotatable bonds is 13. The monoisotopic (exact) mass is 410 g/mol. The van der Waals surface area contributed by atoms with E-state index in [4.69, 9.17) is 10.5 Å². The van der Waals surface area contributed by atoms with Crippen LogP contribution < -0.4 is 11.4 Å². The Balaban J connectivity index is 1.92. The lowest BCUT2D eigenvalue weighted by Crippen LogP contribution is -2.29. The predicted octanol–water partition coefficient (Wildman–Crippen LogP) is 1.69. The Hall–Kier alpha value is -1.48. The molecule has 2 heterocycles. The number of aryl methyl sites for hydroxylation is 1. The third-order valence-electron chi connectivity index (χ3n) is 5.58. The third kappa shape index (κ3) is 7.06. The van der Waals surface area contributed by atoms with Gasteiger partial charge in [-0.3, -0.25) is 4.57 Å². The van der Waals surface area contributed by atoms with E-state index in [0.29, 0.717) is 0 Å². The normalized spacial score (nSPS) is 21.9. The summed E-state index contributed by atoms with van der Waals surface area (Å²) in [4.78, 5) is 18.7. The molecule has 0 aliphatic carbocycles. The zero-order chi connectivity index (χ0) is 21.2. The molecule has 1 aromatic heterocycles. The van der Waals surface area contributed by atoms with Crippen molar-refractivity contribution in [2.45, 2.75) is 83.6 Å². The summed E-state index contributed by atoms with van der Waals surface area (Å²) in [5.74, 6) is 0.261. The van der Waals surface area contributed by atoms with E-state index in [1.807, 2.05) is 0 Å². The van der Waals surface area contributed by atoms with Crippen LogP contribution in [0.25, 0.3) is 0 Å². The van der Waals surface area contributed by atoms with Gasteiger partial charge in [0, 0.05) is 18.2 Å². The quantitative estimate of drug-likeness (QED) is 0.424. The van der Waals surface area contributed by atoms with Crippen LogP contribution in [0.2, 0.25) is 0 Å². The van der Waals surface area contributed by atoms with E-state index in [1.165, 1.54) is 30.3 Å². The van der Waals surface area contributed by atoms with Gasteiger partial charge < -0.3 is 25.6 Å². The number of hydrogen-bond acceptors (Lipinski definition) is 7. The van der Waals surface area contributed by atoms with Gasteiger partial charge in [-0.15, -0.1) is 0 Å². The Morgan fingerprint density at radius 1 is 1.21 bits per heavy atom. The number of unbranched alkanes of at least 4 members (excludes halogenated alkanes) is 3. The van der Waals surface area contributed by atoms with Crippen molar-refractivity contribution in [1.29, 1.82) is 0 Å². The molecular weight excluding hydrogens is 372 g/mol. The van der Waals surface area contributed by atoms with Crippen molar-refractivity contribution in [2.24, 2.45) is 0 Å². The van der Waals surface area contributed by atoms with Crippen LogP contribution >= 0.6 is 0 Å². The van der Waals surface area contributed by atoms with E-state index in [0.717, 1.165) is 44.5 Å². The number of nitrogens with zero attached hydrogens (tertiary/aromatic N) is 3. The van der Waals surface area contributed by atoms with Gasteiger partial charge in [-0.25, -0.2) is 4.79 Å². The maximum atomic E-state index is 12.2. The van der Waals surface area contributed by atoms with Gasteiger partial charge in [-0.2, -0.15) is 4.98 Å². The van der Waals surface area contributed by atoms with Crippen LogP contribution in [-0.2, 0) is 11.2 Å². The van der Waals surface area contributed by atoms with E-state index in [2.05, 4.69) is 23.7 Å². The van der Waals surface area contributed by atoms with Gasteiger partial charge in [0.2, 0.25) is 0 Å². The van der Waals surface area contributed by atoms with Gasteiger partial charge in [0.25, 0.3) is 0 Å². The molecule has 0 amide bonds. The summed E-state index contributed by atoms with van der Waals surface area (Å²) in [6.07, 6.45) is 7.51. The third-order valence-corrected chi connectivity index (χ3v) is 5.58. The lowest BCUT2D eigenvalue weighted by atomic mass is 10.1. The largest absolute Gasteiger partial charge is 0.394 e. The smallest absolute Gasteiger partial charge is 0.351 e. The molecule has 166 valence electrons. The van der Waals surface area contributed by atoms with Crippen molar-refractivity contribution in [3.05, 3.63) is 22.2 Å². The lowest BCUT2D eigenvalue weighted by molar-refractivity contribution is -0.0459. The fourth-order valence-electron chi connectivity index (χ4n) is 3.72. The molecule has 3 atom stereocenters. The molecule has 8 heteroatoms. The molecule has 0 spiro atoms. The van der Waals surface area contributed by atoms with Crippen molar-refractivity contribution >= 4 is 5.82 Å². The van der Waals surface area contributed by atoms with E-state index < -0.39 is 24.1 Å². The minimum absolute atomic E-state index is 0.250. The van der Waals surface area contributed by atoms with Gasteiger partial charge in [-0.05, 0) is 51.7 Å². The Morgan fingerprint density at radius 3 is 2.45 bits per heavy atom. The zero-order valence-corrected chi connectivity index (χ0v) is 17.9. The Morgan fingerprint density at radius 2 is 1.86 bits per heavy atom. The Labute approximate surface area is 173 Å². The fourth-order valence-corrected chi connectivity index (χ4v) is 3.72. The SMILES string of the molecule is CCCCN(CCCC)CCCCc1cn([C@H]2C[C@H](O)[C@@H](CO)O2)c(=O)nc1N. The van der Waals surface area contributed by atoms with Crippen molar-refractivity contribution < 1.29 is 14.9 Å². The molecule has 1 saturated heterocycles. The summed E-state index contributed by atoms with van der Waals surface area (Å²) in [6.45, 7) is 7.53. The first-order chi connectivity index (χ1) is 14.0. The highest BCUT2D eigenvalue weighted by Crippen LogP contribution is 2.28. The number of anilines is 1. The topological polar surface area (TPSA) is 114 Å². The van der Waals surface area contributed by atoms with Crippen molar-refractivity contribution in [3.8, 4) is 0 Å². The van der Waals surface area contributed by atoms with Gasteiger partial charge >= 0.3 is 5.69 Å². The molecule has 0 bridgehead atoms. The van der Waals surface area contributed by atoms with Crippen LogP contribution in [0.4, 0.5) is 5.82 Å². The lowest BCUT2D eigenvalue weighted by Gasteiger charge is -2.22. The van der Waals surface area contributed by atoms with Crippen LogP contribution in [0.15, 0.2) is 11.0 Å². The molecule has 4 N–H and O–H groups in total.